The molecule has 1 fully saturated rings. The summed E-state index contributed by atoms with van der Waals surface area (Å²) in [6.07, 6.45) is 0.199. The van der Waals surface area contributed by atoms with Gasteiger partial charge in [-0.05, 0) is 6.42 Å². The van der Waals surface area contributed by atoms with Gasteiger partial charge in [-0.15, -0.1) is 0 Å². The summed E-state index contributed by atoms with van der Waals surface area (Å²) < 4.78 is 8.97. The molecule has 0 aliphatic carbocycles. The van der Waals surface area contributed by atoms with E-state index in [9.17, 15) is 14.4 Å². The van der Waals surface area contributed by atoms with Crippen LogP contribution in [0.3, 0.4) is 0 Å². The van der Waals surface area contributed by atoms with Crippen molar-refractivity contribution in [3.05, 3.63) is 0 Å². The van der Waals surface area contributed by atoms with Crippen molar-refractivity contribution in [2.75, 3.05) is 20.8 Å². The maximum Gasteiger partial charge on any atom is 0.320 e. The van der Waals surface area contributed by atoms with Gasteiger partial charge >= 0.3 is 11.9 Å². The zero-order valence-corrected chi connectivity index (χ0v) is 9.63. The second-order valence-corrected chi connectivity index (χ2v) is 3.75. The average molecular weight is 245 g/mol. The summed E-state index contributed by atoms with van der Waals surface area (Å²) in [5.41, 5.74) is 0. The van der Waals surface area contributed by atoms with E-state index >= 15 is 0 Å². The van der Waals surface area contributed by atoms with Crippen LogP contribution in [0.2, 0.25) is 0 Å². The Labute approximate surface area is 98.1 Å². The van der Waals surface area contributed by atoms with Crippen molar-refractivity contribution < 1.29 is 29.0 Å². The molecule has 0 bridgehead atoms. The lowest BCUT2D eigenvalue weighted by Crippen LogP contribution is -2.37. The number of rotatable bonds is 4. The fourth-order valence-corrected chi connectivity index (χ4v) is 1.87. The Hall–Kier alpha value is -1.63. The molecule has 0 radical (unpaired) electrons. The number of nitrogens with one attached hydrogen (secondary N) is 1. The number of methoxy groups -OCH3 is 2. The van der Waals surface area contributed by atoms with Gasteiger partial charge in [-0.3, -0.25) is 14.4 Å². The number of carbonyl (C=O) groups is 3. The molecule has 0 unspecified atom stereocenters. The minimum Gasteiger partial charge on any atom is -0.468 e. The van der Waals surface area contributed by atoms with Gasteiger partial charge < -0.3 is 19.9 Å². The zero-order chi connectivity index (χ0) is 13.0. The Bertz CT molecular complexity index is 313. The largest absolute Gasteiger partial charge is 0.468 e. The number of carbonyl (C=O) groups excluding carboxylic acids is 3. The maximum atomic E-state index is 11.6. The highest BCUT2D eigenvalue weighted by molar-refractivity contribution is 6.00. The molecule has 96 valence electrons. The van der Waals surface area contributed by atoms with E-state index in [1.54, 1.807) is 0 Å². The second kappa shape index (κ2) is 5.62. The summed E-state index contributed by atoms with van der Waals surface area (Å²) >= 11 is 0. The molecule has 2 N–H and O–H groups in total. The average Bonchev–Trinajstić information content (AvgIpc) is 2.70. The number of amides is 1. The molecule has 1 aliphatic heterocycles. The van der Waals surface area contributed by atoms with Gasteiger partial charge in [-0.2, -0.15) is 0 Å². The van der Waals surface area contributed by atoms with Crippen molar-refractivity contribution in [2.45, 2.75) is 12.5 Å². The van der Waals surface area contributed by atoms with Crippen LogP contribution in [0.25, 0.3) is 0 Å². The SMILES string of the molecule is COC(=O)C(C(=O)OC)[C@H]1C[C@@H](CO)NC1=O. The predicted molar refractivity (Wildman–Crippen MR) is 54.6 cm³/mol. The third-order valence-electron chi connectivity index (χ3n) is 2.75. The zero-order valence-electron chi connectivity index (χ0n) is 9.63. The van der Waals surface area contributed by atoms with Gasteiger partial charge in [0, 0.05) is 0 Å². The Morgan fingerprint density at radius 3 is 2.29 bits per heavy atom. The van der Waals surface area contributed by atoms with Crippen LogP contribution in [0.4, 0.5) is 0 Å². The van der Waals surface area contributed by atoms with E-state index in [0.29, 0.717) is 0 Å². The third kappa shape index (κ3) is 2.73. The van der Waals surface area contributed by atoms with Gasteiger partial charge in [0.15, 0.2) is 5.92 Å². The highest BCUT2D eigenvalue weighted by Crippen LogP contribution is 2.26. The minimum absolute atomic E-state index is 0.199. The van der Waals surface area contributed by atoms with E-state index in [1.165, 1.54) is 0 Å². The lowest BCUT2D eigenvalue weighted by atomic mass is 9.89. The van der Waals surface area contributed by atoms with E-state index < -0.39 is 35.7 Å². The lowest BCUT2D eigenvalue weighted by Gasteiger charge is -2.16. The van der Waals surface area contributed by atoms with Crippen LogP contribution in [-0.2, 0) is 23.9 Å². The third-order valence-corrected chi connectivity index (χ3v) is 2.75. The number of hydrogen-bond donors (Lipinski definition) is 2. The summed E-state index contributed by atoms with van der Waals surface area (Å²) in [5, 5.41) is 11.4. The van der Waals surface area contributed by atoms with Gasteiger partial charge in [0.1, 0.15) is 0 Å². The van der Waals surface area contributed by atoms with Crippen LogP contribution in [0.1, 0.15) is 6.42 Å². The first-order valence-corrected chi connectivity index (χ1v) is 5.12. The number of esters is 2. The summed E-state index contributed by atoms with van der Waals surface area (Å²) in [7, 11) is 2.27. The molecule has 1 aliphatic rings. The van der Waals surface area contributed by atoms with Crippen LogP contribution in [0, 0.1) is 11.8 Å². The highest BCUT2D eigenvalue weighted by Gasteiger charge is 2.45. The molecule has 1 rings (SSSR count). The minimum atomic E-state index is -1.28. The molecule has 7 nitrogen and oxygen atoms in total. The van der Waals surface area contributed by atoms with E-state index in [0.717, 1.165) is 14.2 Å². The van der Waals surface area contributed by atoms with E-state index in [4.69, 9.17) is 5.11 Å². The van der Waals surface area contributed by atoms with Crippen LogP contribution >= 0.6 is 0 Å². The van der Waals surface area contributed by atoms with E-state index in [1.807, 2.05) is 0 Å². The molecule has 1 amide bonds. The van der Waals surface area contributed by atoms with Crippen molar-refractivity contribution in [2.24, 2.45) is 11.8 Å². The first-order valence-electron chi connectivity index (χ1n) is 5.12. The topological polar surface area (TPSA) is 102 Å². The molecule has 0 aromatic rings. The monoisotopic (exact) mass is 245 g/mol. The lowest BCUT2D eigenvalue weighted by molar-refractivity contribution is -0.163. The van der Waals surface area contributed by atoms with Crippen LogP contribution in [0.5, 0.6) is 0 Å². The Balaban J connectivity index is 2.87. The van der Waals surface area contributed by atoms with Gasteiger partial charge in [-0.25, -0.2) is 0 Å². The van der Waals surface area contributed by atoms with Crippen molar-refractivity contribution in [1.82, 2.24) is 5.32 Å². The quantitative estimate of drug-likeness (QED) is 0.459. The first kappa shape index (κ1) is 13.4. The fraction of sp³-hybridized carbons (Fsp3) is 0.700. The Morgan fingerprint density at radius 2 is 1.94 bits per heavy atom. The molecular weight excluding hydrogens is 230 g/mol. The molecule has 2 atom stereocenters. The smallest absolute Gasteiger partial charge is 0.320 e. The number of aliphatic hydroxyl groups is 1. The summed E-state index contributed by atoms with van der Waals surface area (Å²) in [6, 6.07) is -0.440. The summed E-state index contributed by atoms with van der Waals surface area (Å²) in [5.74, 6) is -4.20. The Morgan fingerprint density at radius 1 is 1.41 bits per heavy atom. The summed E-state index contributed by atoms with van der Waals surface area (Å²) in [4.78, 5) is 34.5. The van der Waals surface area contributed by atoms with Crippen molar-refractivity contribution >= 4 is 17.8 Å². The van der Waals surface area contributed by atoms with Crippen LogP contribution in [0.15, 0.2) is 0 Å². The molecule has 0 aromatic heterocycles. The summed E-state index contributed by atoms with van der Waals surface area (Å²) in [6.45, 7) is -0.239. The van der Waals surface area contributed by atoms with Gasteiger partial charge in [-0.1, -0.05) is 0 Å². The van der Waals surface area contributed by atoms with Gasteiger partial charge in [0.2, 0.25) is 5.91 Å². The fourth-order valence-electron chi connectivity index (χ4n) is 1.87. The standard InChI is InChI=1S/C10H15NO6/c1-16-9(14)7(10(15)17-2)6-3-5(4-12)11-8(6)13/h5-7,12H,3-4H2,1-2H3,(H,11,13)/t5-,6+/m0/s1. The number of aliphatic hydroxyl groups excluding tert-OH is 1. The first-order chi connectivity index (χ1) is 8.04. The van der Waals surface area contributed by atoms with E-state index in [2.05, 4.69) is 14.8 Å². The van der Waals surface area contributed by atoms with Crippen molar-refractivity contribution in [1.29, 1.82) is 0 Å². The van der Waals surface area contributed by atoms with Gasteiger partial charge in [0.05, 0.1) is 32.8 Å². The number of hydrogen-bond acceptors (Lipinski definition) is 6. The van der Waals surface area contributed by atoms with Crippen LogP contribution in [-0.4, -0.2) is 49.8 Å². The molecule has 1 heterocycles. The van der Waals surface area contributed by atoms with Gasteiger partial charge in [0.25, 0.3) is 0 Å². The predicted octanol–water partition coefficient (Wildman–Crippen LogP) is -1.55. The molecule has 7 heteroatoms. The van der Waals surface area contributed by atoms with E-state index in [-0.39, 0.29) is 13.0 Å². The molecule has 0 aromatic carbocycles. The highest BCUT2D eigenvalue weighted by atomic mass is 16.5. The second-order valence-electron chi connectivity index (χ2n) is 3.75. The van der Waals surface area contributed by atoms with Crippen molar-refractivity contribution in [3.8, 4) is 0 Å². The maximum absolute atomic E-state index is 11.6. The normalized spacial score (nSPS) is 23.4. The molecule has 1 saturated heterocycles. The number of ether oxygens (including phenoxy) is 2. The molecular formula is C10H15NO6. The molecule has 0 saturated carbocycles. The van der Waals surface area contributed by atoms with Crippen molar-refractivity contribution in [3.63, 3.8) is 0 Å². The molecule has 17 heavy (non-hydrogen) atoms. The Kier molecular flexibility index (Phi) is 4.45. The molecule has 0 spiro atoms. The van der Waals surface area contributed by atoms with Crippen LogP contribution < -0.4 is 5.32 Å².